The molecule has 15 rings (SSSR count). The van der Waals surface area contributed by atoms with Crippen molar-refractivity contribution in [2.75, 3.05) is 0 Å². The number of benzene rings is 11. The second-order valence-corrected chi connectivity index (χ2v) is 30.7. The fraction of sp³-hybridized carbons (Fsp3) is 0.182. The van der Waals surface area contributed by atoms with Crippen molar-refractivity contribution in [3.8, 4) is 73.2 Å². The van der Waals surface area contributed by atoms with Crippen LogP contribution in [-0.4, -0.2) is 23.1 Å². The Bertz CT molecular complexity index is 5540. The molecule has 4 heterocycles. The van der Waals surface area contributed by atoms with Crippen molar-refractivity contribution < 1.29 is 24.1 Å². The average Bonchev–Trinajstić information content (AvgIpc) is 1.62. The Morgan fingerprint density at radius 1 is 0.305 bits per heavy atom. The number of pyridine rings is 1. The molecule has 6 nitrogen and oxygen atoms in total. The van der Waals surface area contributed by atoms with Gasteiger partial charge in [-0.15, -0.1) is 0 Å². The van der Waals surface area contributed by atoms with Gasteiger partial charge in [-0.1, -0.05) is 32.9 Å². The third-order valence-corrected chi connectivity index (χ3v) is 20.1. The molecule has 4 aromatic heterocycles. The normalized spacial score (nSPS) is 12.5. The van der Waals surface area contributed by atoms with Crippen LogP contribution >= 0.6 is 0 Å². The van der Waals surface area contributed by atoms with Gasteiger partial charge in [0.1, 0.15) is 0 Å². The molecule has 0 unspecified atom stereocenters. The Morgan fingerprint density at radius 3 is 1.36 bits per heavy atom. The Balaban J connectivity index is 1.10. The van der Waals surface area contributed by atoms with Crippen LogP contribution in [-0.2, 0) is 41.0 Å². The summed E-state index contributed by atoms with van der Waals surface area (Å²) in [4.78, 5) is 5.04. The molecule has 11 aromatic carbocycles. The molecule has 0 saturated carbocycles. The molecule has 0 fully saturated rings. The van der Waals surface area contributed by atoms with E-state index in [0.29, 0.717) is 11.5 Å². The van der Waals surface area contributed by atoms with Gasteiger partial charge in [0.25, 0.3) is 0 Å². The van der Waals surface area contributed by atoms with Crippen LogP contribution < -0.4 is 4.74 Å². The maximum absolute atomic E-state index is 7.40. The fourth-order valence-corrected chi connectivity index (χ4v) is 15.1. The topological polar surface area (TPSA) is 41.3 Å². The van der Waals surface area contributed by atoms with E-state index in [1.54, 1.807) is 0 Å². The van der Waals surface area contributed by atoms with Crippen molar-refractivity contribution in [1.29, 1.82) is 0 Å². The van der Waals surface area contributed by atoms with Gasteiger partial charge < -0.3 is 0 Å². The first kappa shape index (κ1) is 61.3. The van der Waals surface area contributed by atoms with Crippen LogP contribution in [0.25, 0.3) is 122 Å². The van der Waals surface area contributed by atoms with E-state index in [1.165, 1.54) is 27.8 Å². The van der Waals surface area contributed by atoms with Gasteiger partial charge in [-0.25, -0.2) is 0 Å². The Morgan fingerprint density at radius 2 is 0.747 bits per heavy atom. The summed E-state index contributed by atoms with van der Waals surface area (Å²) in [6.45, 7) is 27.7. The first-order chi connectivity index (χ1) is 45.6. The second-order valence-electron chi connectivity index (χ2n) is 29.6. The molecule has 0 amide bonds. The number of aromatic nitrogens is 5. The summed E-state index contributed by atoms with van der Waals surface area (Å²) in [6.07, 6.45) is 1.94. The summed E-state index contributed by atoms with van der Waals surface area (Å²) in [5.74, 6) is 2.28. The van der Waals surface area contributed by atoms with E-state index in [1.807, 2.05) is 6.20 Å². The zero-order valence-electron chi connectivity index (χ0n) is 56.3. The molecule has 0 radical (unpaired) electrons. The van der Waals surface area contributed by atoms with E-state index in [0.717, 1.165) is 120 Å². The Kier molecular flexibility index (Phi) is 15.0. The van der Waals surface area contributed by atoms with E-state index < -0.39 is 0 Å². The van der Waals surface area contributed by atoms with Crippen LogP contribution in [0.15, 0.2) is 261 Å². The molecular weight excluding hydrogens is 1340 g/mol. The molecule has 0 N–H and O–H groups in total. The quantitative estimate of drug-likeness (QED) is 0.145. The molecule has 0 aliphatic rings. The standard InChI is InChI=1S/C88H79N5O.Pt/c1-85(2,3)61-32-23-31-59(49-61)69-37-25-38-70(60-50-63(87(7,8)9)52-64(51-60)88(10,11)12)82(69)90-56-91-80-55-66(94-65-43-45-73-71-33-19-21-40-75(71)92(79(73)54-65)81-53-62(47-48-89-81)86(4,5)6)44-46-77(80)93(76-41-22-20-34-72(76)74-39-26-42-78(90)84(74)91)83-67(57-27-15-13-16-28-57)35-24-36-68(83)58-29-17-14-18-30-58;/h13-55H,1-12H3;. The summed E-state index contributed by atoms with van der Waals surface area (Å²) >= 11 is 2.66. The number of imidazole rings is 1. The molecule has 0 aliphatic carbocycles. The number of hydrogen-bond acceptors (Lipinski definition) is 2. The van der Waals surface area contributed by atoms with Crippen LogP contribution in [0.1, 0.15) is 105 Å². The molecule has 95 heavy (non-hydrogen) atoms. The van der Waals surface area contributed by atoms with Crippen molar-refractivity contribution in [2.45, 2.75) is 105 Å². The molecule has 7 heteroatoms. The number of fused-ring (bicyclic) bond motifs is 7. The molecule has 15 aromatic rings. The minimum absolute atomic E-state index is 0.0691. The van der Waals surface area contributed by atoms with Gasteiger partial charge in [-0.2, -0.15) is 0 Å². The summed E-state index contributed by atoms with van der Waals surface area (Å²) in [6, 6.07) is 94.2. The number of para-hydroxylation sites is 5. The zero-order chi connectivity index (χ0) is 65.9. The predicted octanol–water partition coefficient (Wildman–Crippen LogP) is 23.8. The van der Waals surface area contributed by atoms with Crippen LogP contribution in [0.4, 0.5) is 0 Å². The number of ether oxygens (including phenoxy) is 1. The van der Waals surface area contributed by atoms with E-state index in [9.17, 15) is 0 Å². The van der Waals surface area contributed by atoms with Gasteiger partial charge in [-0.05, 0) is 17.0 Å². The van der Waals surface area contributed by atoms with Crippen molar-refractivity contribution in [1.82, 2.24) is 23.1 Å². The van der Waals surface area contributed by atoms with Gasteiger partial charge in [0.2, 0.25) is 0 Å². The van der Waals surface area contributed by atoms with Crippen molar-refractivity contribution >= 4 is 60.2 Å². The van der Waals surface area contributed by atoms with Crippen LogP contribution in [0.5, 0.6) is 11.5 Å². The number of nitrogens with zero attached hydrogens (tertiary/aromatic N) is 5. The fourth-order valence-electron chi connectivity index (χ4n) is 14.0. The van der Waals surface area contributed by atoms with Crippen LogP contribution in [0.2, 0.25) is 0 Å². The molecule has 0 spiro atoms. The van der Waals surface area contributed by atoms with Crippen LogP contribution in [0.3, 0.4) is 0 Å². The number of rotatable bonds is 9. The van der Waals surface area contributed by atoms with E-state index in [-0.39, 0.29) is 21.7 Å². The van der Waals surface area contributed by atoms with Gasteiger partial charge in [0, 0.05) is 6.20 Å². The van der Waals surface area contributed by atoms with Crippen molar-refractivity contribution in [2.24, 2.45) is 0 Å². The Hall–Kier alpha value is -9.87. The molecule has 0 atom stereocenters. The summed E-state index contributed by atoms with van der Waals surface area (Å²) < 4.78 is 18.3. The van der Waals surface area contributed by atoms with Gasteiger partial charge in [-0.3, -0.25) is 0 Å². The number of hydrogen-bond donors (Lipinski definition) is 0. The molecule has 472 valence electrons. The van der Waals surface area contributed by atoms with Gasteiger partial charge >= 0.3 is 516 Å². The molecule has 0 saturated heterocycles. The average molecular weight is 1420 g/mol. The molecular formula is C88H79N5OPt. The minimum atomic E-state index is -0.113. The van der Waals surface area contributed by atoms with E-state index in [4.69, 9.17) is 9.72 Å². The molecule has 0 aliphatic heterocycles. The first-order valence-corrected chi connectivity index (χ1v) is 34.3. The SMILES string of the molecule is CC(C)(C)c1cccc(-c2cccc(-c3cc(C(C)(C)C)cc(C(C)(C)C)c3)c2-n2[c](=[Pt])n3c4cc(Oc5ccc6c7ccccc7n(-c7cc(C(C)(C)C)ccn7)c6c5)ccc4n(-c4c(-c5ccccc5)cccc4-c4ccccc4)c4ccccc4c4cccc2c43)c1. The second kappa shape index (κ2) is 23.2. The summed E-state index contributed by atoms with van der Waals surface area (Å²) in [7, 11) is 0. The predicted molar refractivity (Wildman–Crippen MR) is 396 cm³/mol. The van der Waals surface area contributed by atoms with Crippen molar-refractivity contribution in [3.63, 3.8) is 0 Å². The van der Waals surface area contributed by atoms with E-state index in [2.05, 4.69) is 375 Å². The zero-order valence-corrected chi connectivity index (χ0v) is 58.6. The third-order valence-electron chi connectivity index (χ3n) is 19.1. The summed E-state index contributed by atoms with van der Waals surface area (Å²) in [5.41, 5.74) is 23.3. The molecule has 0 bridgehead atoms. The summed E-state index contributed by atoms with van der Waals surface area (Å²) in [5, 5.41) is 4.51. The first-order valence-electron chi connectivity index (χ1n) is 33.2. The third kappa shape index (κ3) is 10.9. The van der Waals surface area contributed by atoms with Gasteiger partial charge in [0.05, 0.1) is 0 Å². The van der Waals surface area contributed by atoms with Gasteiger partial charge in [0.15, 0.2) is 0 Å². The Labute approximate surface area is 568 Å². The van der Waals surface area contributed by atoms with E-state index >= 15 is 0 Å². The van der Waals surface area contributed by atoms with Crippen LogP contribution in [0, 0.1) is 3.80 Å². The monoisotopic (exact) mass is 1420 g/mol. The van der Waals surface area contributed by atoms with Crippen molar-refractivity contribution in [3.05, 3.63) is 287 Å². The maximum atomic E-state index is 7.40.